The van der Waals surface area contributed by atoms with Crippen LogP contribution in [0.2, 0.25) is 5.02 Å². The normalized spacial score (nSPS) is 10.8. The highest BCUT2D eigenvalue weighted by Crippen LogP contribution is 2.30. The first-order valence-corrected chi connectivity index (χ1v) is 7.06. The van der Waals surface area contributed by atoms with Crippen molar-refractivity contribution in [3.63, 3.8) is 0 Å². The number of carbonyl (C=O) groups excluding carboxylic acids is 2. The first-order valence-electron chi connectivity index (χ1n) is 6.68. The number of fused-ring (bicyclic) bond motifs is 3. The van der Waals surface area contributed by atoms with Gasteiger partial charge in [0.1, 0.15) is 5.75 Å². The lowest BCUT2D eigenvalue weighted by Gasteiger charge is -2.03. The summed E-state index contributed by atoms with van der Waals surface area (Å²) >= 11 is 6.01. The van der Waals surface area contributed by atoms with E-state index in [9.17, 15) is 9.59 Å². The van der Waals surface area contributed by atoms with Crippen molar-refractivity contribution in [2.24, 2.45) is 0 Å². The van der Waals surface area contributed by atoms with Gasteiger partial charge in [0, 0.05) is 27.4 Å². The van der Waals surface area contributed by atoms with Crippen molar-refractivity contribution >= 4 is 45.3 Å². The molecule has 0 unspecified atom stereocenters. The third-order valence-corrected chi connectivity index (χ3v) is 3.42. The zero-order valence-electron chi connectivity index (χ0n) is 11.7. The molecular weight excluding hydrogens is 306 g/mol. The van der Waals surface area contributed by atoms with Gasteiger partial charge < -0.3 is 14.5 Å². The third kappa shape index (κ3) is 2.63. The molecule has 1 heterocycles. The SMILES string of the molecule is CCOC(=O)C(=O)Oc1ccc2c(c1)[nH]c1ccc(Cl)cc12. The minimum atomic E-state index is -1.04. The van der Waals surface area contributed by atoms with Gasteiger partial charge >= 0.3 is 11.9 Å². The molecule has 2 aromatic carbocycles. The second-order valence-corrected chi connectivity index (χ2v) is 5.07. The summed E-state index contributed by atoms with van der Waals surface area (Å²) in [5, 5.41) is 2.57. The number of ether oxygens (including phenoxy) is 2. The van der Waals surface area contributed by atoms with Crippen LogP contribution in [-0.4, -0.2) is 23.5 Å². The molecule has 0 fully saturated rings. The number of hydrogen-bond acceptors (Lipinski definition) is 4. The van der Waals surface area contributed by atoms with E-state index in [1.54, 1.807) is 31.2 Å². The van der Waals surface area contributed by atoms with Gasteiger partial charge in [0.25, 0.3) is 0 Å². The zero-order valence-corrected chi connectivity index (χ0v) is 12.4. The van der Waals surface area contributed by atoms with Gasteiger partial charge in [0.05, 0.1) is 12.1 Å². The molecule has 0 aliphatic heterocycles. The number of nitrogens with one attached hydrogen (secondary N) is 1. The molecule has 112 valence electrons. The van der Waals surface area contributed by atoms with E-state index in [-0.39, 0.29) is 12.4 Å². The number of aromatic amines is 1. The fourth-order valence-electron chi connectivity index (χ4n) is 2.26. The number of hydrogen-bond donors (Lipinski definition) is 1. The van der Waals surface area contributed by atoms with Crippen LogP contribution in [0.3, 0.4) is 0 Å². The van der Waals surface area contributed by atoms with Crippen LogP contribution in [-0.2, 0) is 14.3 Å². The first-order chi connectivity index (χ1) is 10.6. The summed E-state index contributed by atoms with van der Waals surface area (Å²) in [6.45, 7) is 1.74. The van der Waals surface area contributed by atoms with Gasteiger partial charge in [0.2, 0.25) is 0 Å². The fraction of sp³-hybridized carbons (Fsp3) is 0.125. The van der Waals surface area contributed by atoms with Crippen LogP contribution >= 0.6 is 11.6 Å². The van der Waals surface area contributed by atoms with Crippen LogP contribution < -0.4 is 4.74 Å². The van der Waals surface area contributed by atoms with E-state index in [1.807, 2.05) is 12.1 Å². The Kier molecular flexibility index (Phi) is 3.73. The highest BCUT2D eigenvalue weighted by molar-refractivity contribution is 6.32. The largest absolute Gasteiger partial charge is 0.458 e. The number of aromatic nitrogens is 1. The molecule has 1 aromatic heterocycles. The molecule has 0 amide bonds. The standard InChI is InChI=1S/C16H12ClNO4/c1-2-21-15(19)16(20)22-10-4-5-11-12-7-9(17)3-6-13(12)18-14(11)8-10/h3-8,18H,2H2,1H3. The van der Waals surface area contributed by atoms with Gasteiger partial charge in [-0.25, -0.2) is 9.59 Å². The quantitative estimate of drug-likeness (QED) is 0.446. The lowest BCUT2D eigenvalue weighted by Crippen LogP contribution is -2.22. The smallest absolute Gasteiger partial charge is 0.422 e. The number of rotatable bonds is 2. The van der Waals surface area contributed by atoms with Gasteiger partial charge in [-0.05, 0) is 37.3 Å². The van der Waals surface area contributed by atoms with E-state index in [0.29, 0.717) is 5.02 Å². The average molecular weight is 318 g/mol. The molecule has 0 saturated heterocycles. The summed E-state index contributed by atoms with van der Waals surface area (Å²) in [4.78, 5) is 26.0. The molecule has 0 bridgehead atoms. The minimum Gasteiger partial charge on any atom is -0.458 e. The average Bonchev–Trinajstić information content (AvgIpc) is 2.84. The number of carbonyl (C=O) groups is 2. The van der Waals surface area contributed by atoms with Crippen molar-refractivity contribution in [2.45, 2.75) is 6.92 Å². The Bertz CT molecular complexity index is 884. The summed E-state index contributed by atoms with van der Waals surface area (Å²) in [6, 6.07) is 10.6. The molecule has 0 radical (unpaired) electrons. The maximum atomic E-state index is 11.5. The summed E-state index contributed by atoms with van der Waals surface area (Å²) in [6.07, 6.45) is 0. The van der Waals surface area contributed by atoms with Gasteiger partial charge in [-0.15, -0.1) is 0 Å². The molecule has 1 N–H and O–H groups in total. The van der Waals surface area contributed by atoms with E-state index >= 15 is 0 Å². The van der Waals surface area contributed by atoms with Crippen molar-refractivity contribution in [1.29, 1.82) is 0 Å². The van der Waals surface area contributed by atoms with E-state index in [2.05, 4.69) is 9.72 Å². The van der Waals surface area contributed by atoms with E-state index in [1.165, 1.54) is 0 Å². The van der Waals surface area contributed by atoms with Gasteiger partial charge in [0.15, 0.2) is 0 Å². The van der Waals surface area contributed by atoms with Crippen molar-refractivity contribution in [2.75, 3.05) is 6.61 Å². The van der Waals surface area contributed by atoms with E-state index in [0.717, 1.165) is 21.8 Å². The van der Waals surface area contributed by atoms with Crippen LogP contribution in [0.1, 0.15) is 6.92 Å². The van der Waals surface area contributed by atoms with Crippen LogP contribution in [0.15, 0.2) is 36.4 Å². The fourth-order valence-corrected chi connectivity index (χ4v) is 2.43. The minimum absolute atomic E-state index is 0.121. The number of H-pyrrole nitrogens is 1. The maximum absolute atomic E-state index is 11.5. The Morgan fingerprint density at radius 2 is 1.86 bits per heavy atom. The third-order valence-electron chi connectivity index (χ3n) is 3.18. The van der Waals surface area contributed by atoms with Crippen LogP contribution in [0.25, 0.3) is 21.8 Å². The van der Waals surface area contributed by atoms with Gasteiger partial charge in [-0.2, -0.15) is 0 Å². The molecule has 0 spiro atoms. The second-order valence-electron chi connectivity index (χ2n) is 4.63. The van der Waals surface area contributed by atoms with Crippen LogP contribution in [0.4, 0.5) is 0 Å². The lowest BCUT2D eigenvalue weighted by atomic mass is 10.1. The van der Waals surface area contributed by atoms with Crippen molar-refractivity contribution in [1.82, 2.24) is 4.98 Å². The van der Waals surface area contributed by atoms with E-state index in [4.69, 9.17) is 16.3 Å². The maximum Gasteiger partial charge on any atom is 0.422 e. The summed E-state index contributed by atoms with van der Waals surface area (Å²) in [5.41, 5.74) is 1.71. The second kappa shape index (κ2) is 5.69. The number of halogens is 1. The topological polar surface area (TPSA) is 68.4 Å². The lowest BCUT2D eigenvalue weighted by molar-refractivity contribution is -0.161. The molecule has 0 aliphatic carbocycles. The van der Waals surface area contributed by atoms with Gasteiger partial charge in [-0.3, -0.25) is 0 Å². The Balaban J connectivity index is 1.95. The number of benzene rings is 2. The molecule has 5 nitrogen and oxygen atoms in total. The van der Waals surface area contributed by atoms with Crippen molar-refractivity contribution in [3.8, 4) is 5.75 Å². The van der Waals surface area contributed by atoms with Crippen LogP contribution in [0, 0.1) is 0 Å². The van der Waals surface area contributed by atoms with Crippen molar-refractivity contribution < 1.29 is 19.1 Å². The molecule has 6 heteroatoms. The summed E-state index contributed by atoms with van der Waals surface area (Å²) in [7, 11) is 0. The highest BCUT2D eigenvalue weighted by atomic mass is 35.5. The molecule has 3 aromatic rings. The molecule has 22 heavy (non-hydrogen) atoms. The molecule has 0 saturated carbocycles. The molecular formula is C16H12ClNO4. The predicted molar refractivity (Wildman–Crippen MR) is 83.1 cm³/mol. The first kappa shape index (κ1) is 14.4. The highest BCUT2D eigenvalue weighted by Gasteiger charge is 2.18. The Hall–Kier alpha value is -2.53. The summed E-state index contributed by atoms with van der Waals surface area (Å²) in [5.74, 6) is -1.78. The number of esters is 2. The monoisotopic (exact) mass is 317 g/mol. The molecule has 0 aliphatic rings. The Morgan fingerprint density at radius 3 is 2.64 bits per heavy atom. The Labute approximate surface area is 130 Å². The molecule has 3 rings (SSSR count). The predicted octanol–water partition coefficient (Wildman–Crippen LogP) is 3.44. The van der Waals surface area contributed by atoms with E-state index < -0.39 is 11.9 Å². The van der Waals surface area contributed by atoms with Gasteiger partial charge in [-0.1, -0.05) is 11.6 Å². The summed E-state index contributed by atoms with van der Waals surface area (Å²) < 4.78 is 9.59. The van der Waals surface area contributed by atoms with Crippen LogP contribution in [0.5, 0.6) is 5.75 Å². The molecule has 0 atom stereocenters. The van der Waals surface area contributed by atoms with Crippen molar-refractivity contribution in [3.05, 3.63) is 41.4 Å². The zero-order chi connectivity index (χ0) is 15.7. The Morgan fingerprint density at radius 1 is 1.05 bits per heavy atom.